The Bertz CT molecular complexity index is 997. The maximum absolute atomic E-state index is 14.1. The van der Waals surface area contributed by atoms with Crippen molar-refractivity contribution in [3.63, 3.8) is 0 Å². The molecule has 1 aliphatic rings. The van der Waals surface area contributed by atoms with Crippen LogP contribution in [0.25, 0.3) is 11.4 Å². The van der Waals surface area contributed by atoms with Gasteiger partial charge < -0.3 is 9.13 Å². The van der Waals surface area contributed by atoms with E-state index in [0.717, 1.165) is 31.8 Å². The fourth-order valence-corrected chi connectivity index (χ4v) is 3.83. The first-order valence-electron chi connectivity index (χ1n) is 8.99. The van der Waals surface area contributed by atoms with Gasteiger partial charge in [-0.3, -0.25) is 4.90 Å². The van der Waals surface area contributed by atoms with Crippen molar-refractivity contribution in [2.24, 2.45) is 14.1 Å². The number of aromatic nitrogens is 6. The second-order valence-electron chi connectivity index (χ2n) is 6.98. The SMILES string of the molecule is Cn1cnnc1C1CCN(Cn2nc(-c3ccccc3F)n(C)c2=S)CC1. The summed E-state index contributed by atoms with van der Waals surface area (Å²) in [5.41, 5.74) is 0.464. The van der Waals surface area contributed by atoms with Crippen LogP contribution in [0.5, 0.6) is 0 Å². The molecule has 1 saturated heterocycles. The maximum Gasteiger partial charge on any atom is 0.199 e. The van der Waals surface area contributed by atoms with Gasteiger partial charge in [0.05, 0.1) is 12.2 Å². The fraction of sp³-hybridized carbons (Fsp3) is 0.444. The standard InChI is InChI=1S/C18H22FN7S/c1-23-11-20-21-16(23)13-7-9-25(10-8-13)12-26-18(27)24(2)17(22-26)14-5-3-4-6-15(14)19/h3-6,11,13H,7-10,12H2,1-2H3. The number of aryl methyl sites for hydroxylation is 1. The van der Waals surface area contributed by atoms with Crippen LogP contribution in [-0.2, 0) is 20.8 Å². The number of halogens is 1. The van der Waals surface area contributed by atoms with Crippen LogP contribution >= 0.6 is 12.2 Å². The van der Waals surface area contributed by atoms with Crippen LogP contribution in [0.3, 0.4) is 0 Å². The maximum atomic E-state index is 14.1. The number of benzene rings is 1. The minimum atomic E-state index is -0.294. The van der Waals surface area contributed by atoms with E-state index in [1.54, 1.807) is 33.8 Å². The molecule has 0 saturated carbocycles. The molecule has 3 heterocycles. The Kier molecular flexibility index (Phi) is 4.88. The molecule has 4 rings (SSSR count). The monoisotopic (exact) mass is 387 g/mol. The molecule has 3 aromatic rings. The molecule has 0 aliphatic carbocycles. The summed E-state index contributed by atoms with van der Waals surface area (Å²) in [7, 11) is 3.81. The van der Waals surface area contributed by atoms with Crippen molar-refractivity contribution >= 4 is 12.2 Å². The van der Waals surface area contributed by atoms with Gasteiger partial charge in [0.25, 0.3) is 0 Å². The molecule has 1 aliphatic heterocycles. The number of hydrogen-bond donors (Lipinski definition) is 0. The Morgan fingerprint density at radius 3 is 2.59 bits per heavy atom. The summed E-state index contributed by atoms with van der Waals surface area (Å²) in [4.78, 5) is 2.32. The first-order valence-corrected chi connectivity index (χ1v) is 9.40. The van der Waals surface area contributed by atoms with Crippen LogP contribution in [0.2, 0.25) is 0 Å². The molecule has 0 bridgehead atoms. The van der Waals surface area contributed by atoms with Gasteiger partial charge in [-0.05, 0) is 37.2 Å². The van der Waals surface area contributed by atoms with Crippen LogP contribution in [-0.4, -0.2) is 47.1 Å². The highest BCUT2D eigenvalue weighted by Crippen LogP contribution is 2.26. The lowest BCUT2D eigenvalue weighted by atomic mass is 9.96. The summed E-state index contributed by atoms with van der Waals surface area (Å²) in [6.07, 6.45) is 3.79. The second kappa shape index (κ2) is 7.32. The van der Waals surface area contributed by atoms with Crippen molar-refractivity contribution in [3.8, 4) is 11.4 Å². The second-order valence-corrected chi connectivity index (χ2v) is 7.34. The molecular formula is C18H22FN7S. The van der Waals surface area contributed by atoms with Gasteiger partial charge in [0, 0.05) is 33.1 Å². The van der Waals surface area contributed by atoms with Gasteiger partial charge in [0.1, 0.15) is 18.0 Å². The zero-order valence-electron chi connectivity index (χ0n) is 15.4. The minimum Gasteiger partial charge on any atom is -0.320 e. The molecule has 2 aromatic heterocycles. The average molecular weight is 387 g/mol. The van der Waals surface area contributed by atoms with Crippen molar-refractivity contribution in [2.45, 2.75) is 25.4 Å². The number of hydrogen-bond acceptors (Lipinski definition) is 5. The largest absolute Gasteiger partial charge is 0.320 e. The average Bonchev–Trinajstić information content (AvgIpc) is 3.22. The van der Waals surface area contributed by atoms with Crippen LogP contribution in [0, 0.1) is 10.6 Å². The van der Waals surface area contributed by atoms with E-state index < -0.39 is 0 Å². The van der Waals surface area contributed by atoms with E-state index in [0.29, 0.717) is 28.7 Å². The van der Waals surface area contributed by atoms with E-state index in [1.165, 1.54) is 6.07 Å². The quantitative estimate of drug-likeness (QED) is 0.645. The van der Waals surface area contributed by atoms with Crippen LogP contribution < -0.4 is 0 Å². The molecule has 142 valence electrons. The van der Waals surface area contributed by atoms with Crippen LogP contribution in [0.15, 0.2) is 30.6 Å². The number of piperidine rings is 1. The third kappa shape index (κ3) is 3.44. The Morgan fingerprint density at radius 1 is 1.19 bits per heavy atom. The van der Waals surface area contributed by atoms with Gasteiger partial charge >= 0.3 is 0 Å². The summed E-state index contributed by atoms with van der Waals surface area (Å²) in [6, 6.07) is 6.64. The summed E-state index contributed by atoms with van der Waals surface area (Å²) in [5.74, 6) is 1.73. The smallest absolute Gasteiger partial charge is 0.199 e. The van der Waals surface area contributed by atoms with Gasteiger partial charge in [-0.2, -0.15) is 5.10 Å². The van der Waals surface area contributed by atoms with Crippen molar-refractivity contribution < 1.29 is 4.39 Å². The predicted octanol–water partition coefficient (Wildman–Crippen LogP) is 2.72. The van der Waals surface area contributed by atoms with Gasteiger partial charge in [0.2, 0.25) is 0 Å². The minimum absolute atomic E-state index is 0.294. The summed E-state index contributed by atoms with van der Waals surface area (Å²) < 4.78 is 20.3. The first-order chi connectivity index (χ1) is 13.0. The molecule has 0 spiro atoms. The highest BCUT2D eigenvalue weighted by molar-refractivity contribution is 7.71. The Labute approximate surface area is 162 Å². The Morgan fingerprint density at radius 2 is 1.93 bits per heavy atom. The molecule has 0 unspecified atom stereocenters. The van der Waals surface area contributed by atoms with E-state index in [9.17, 15) is 4.39 Å². The highest BCUT2D eigenvalue weighted by atomic mass is 32.1. The number of likely N-dealkylation sites (tertiary alicyclic amines) is 1. The third-order valence-electron chi connectivity index (χ3n) is 5.19. The fourth-order valence-electron chi connectivity index (χ4n) is 3.64. The zero-order chi connectivity index (χ0) is 19.0. The molecule has 7 nitrogen and oxygen atoms in total. The van der Waals surface area contributed by atoms with Gasteiger partial charge in [0.15, 0.2) is 10.6 Å². The molecular weight excluding hydrogens is 365 g/mol. The Hall–Kier alpha value is -2.39. The number of nitrogens with zero attached hydrogens (tertiary/aromatic N) is 7. The van der Waals surface area contributed by atoms with Crippen molar-refractivity contribution in [3.05, 3.63) is 47.0 Å². The predicted molar refractivity (Wildman–Crippen MR) is 102 cm³/mol. The molecule has 0 radical (unpaired) electrons. The molecule has 1 fully saturated rings. The third-order valence-corrected chi connectivity index (χ3v) is 5.67. The van der Waals surface area contributed by atoms with E-state index in [4.69, 9.17) is 12.2 Å². The van der Waals surface area contributed by atoms with Crippen LogP contribution in [0.1, 0.15) is 24.6 Å². The van der Waals surface area contributed by atoms with Crippen molar-refractivity contribution in [1.82, 2.24) is 34.0 Å². The van der Waals surface area contributed by atoms with Gasteiger partial charge in [-0.1, -0.05) is 12.1 Å². The lowest BCUT2D eigenvalue weighted by molar-refractivity contribution is 0.157. The molecule has 27 heavy (non-hydrogen) atoms. The van der Waals surface area contributed by atoms with Crippen LogP contribution in [0.4, 0.5) is 4.39 Å². The number of rotatable bonds is 4. The van der Waals surface area contributed by atoms with Gasteiger partial charge in [-0.15, -0.1) is 10.2 Å². The topological polar surface area (TPSA) is 56.7 Å². The van der Waals surface area contributed by atoms with E-state index >= 15 is 0 Å². The summed E-state index contributed by atoms with van der Waals surface area (Å²) in [5, 5.41) is 12.8. The van der Waals surface area contributed by atoms with Gasteiger partial charge in [-0.25, -0.2) is 9.07 Å². The van der Waals surface area contributed by atoms with E-state index in [-0.39, 0.29) is 5.82 Å². The van der Waals surface area contributed by atoms with Crippen molar-refractivity contribution in [2.75, 3.05) is 13.1 Å². The molecule has 9 heteroatoms. The summed E-state index contributed by atoms with van der Waals surface area (Å²) in [6.45, 7) is 2.47. The first kappa shape index (κ1) is 18.0. The molecule has 0 atom stereocenters. The normalized spacial score (nSPS) is 16.1. The molecule has 0 N–H and O–H groups in total. The van der Waals surface area contributed by atoms with E-state index in [2.05, 4.69) is 20.2 Å². The Balaban J connectivity index is 1.48. The molecule has 0 amide bonds. The summed E-state index contributed by atoms with van der Waals surface area (Å²) >= 11 is 5.52. The lowest BCUT2D eigenvalue weighted by Crippen LogP contribution is -2.35. The van der Waals surface area contributed by atoms with E-state index in [1.807, 2.05) is 18.7 Å². The van der Waals surface area contributed by atoms with Crippen molar-refractivity contribution in [1.29, 1.82) is 0 Å². The lowest BCUT2D eigenvalue weighted by Gasteiger charge is -2.30. The highest BCUT2D eigenvalue weighted by Gasteiger charge is 2.24. The molecule has 1 aromatic carbocycles. The zero-order valence-corrected chi connectivity index (χ0v) is 16.2.